The summed E-state index contributed by atoms with van der Waals surface area (Å²) in [6.07, 6.45) is -0.0187. The highest BCUT2D eigenvalue weighted by molar-refractivity contribution is 7.85. The van der Waals surface area contributed by atoms with Crippen LogP contribution in [0.15, 0.2) is 17.5 Å². The smallest absolute Gasteiger partial charge is 0.264 e. The minimum atomic E-state index is -3.90. The van der Waals surface area contributed by atoms with Gasteiger partial charge in [0.2, 0.25) is 0 Å². The minimum absolute atomic E-state index is 0.262. The van der Waals surface area contributed by atoms with Gasteiger partial charge in [0.15, 0.2) is 0 Å². The van der Waals surface area contributed by atoms with Gasteiger partial charge < -0.3 is 5.11 Å². The lowest BCUT2D eigenvalue weighted by Crippen LogP contribution is -2.05. The van der Waals surface area contributed by atoms with E-state index in [2.05, 4.69) is 0 Å². The zero-order valence-corrected chi connectivity index (χ0v) is 9.09. The van der Waals surface area contributed by atoms with Crippen LogP contribution in [0.2, 0.25) is 0 Å². The molecular weight excluding hydrogens is 224 g/mol. The fourth-order valence-electron chi connectivity index (χ4n) is 1.08. The summed E-state index contributed by atoms with van der Waals surface area (Å²) in [7, 11) is -3.90. The summed E-state index contributed by atoms with van der Waals surface area (Å²) in [6.45, 7) is 0. The van der Waals surface area contributed by atoms with Gasteiger partial charge in [-0.25, -0.2) is 0 Å². The van der Waals surface area contributed by atoms with Gasteiger partial charge >= 0.3 is 0 Å². The van der Waals surface area contributed by atoms with Gasteiger partial charge in [0.1, 0.15) is 0 Å². The summed E-state index contributed by atoms with van der Waals surface area (Å²) in [5, 5.41) is 11.4. The fourth-order valence-corrected chi connectivity index (χ4v) is 2.36. The van der Waals surface area contributed by atoms with Crippen LogP contribution in [0.3, 0.4) is 0 Å². The molecular formula is C8H12O4S2. The number of aliphatic hydroxyl groups is 1. The van der Waals surface area contributed by atoms with E-state index in [0.29, 0.717) is 6.42 Å². The molecule has 0 aliphatic carbocycles. The molecule has 2 N–H and O–H groups in total. The molecule has 1 aromatic heterocycles. The molecule has 6 heteroatoms. The third-order valence-electron chi connectivity index (χ3n) is 1.75. The molecule has 1 unspecified atom stereocenters. The van der Waals surface area contributed by atoms with Crippen molar-refractivity contribution >= 4 is 21.5 Å². The van der Waals surface area contributed by atoms with Crippen molar-refractivity contribution < 1.29 is 18.1 Å². The first-order chi connectivity index (χ1) is 6.49. The normalized spacial score (nSPS) is 14.1. The maximum absolute atomic E-state index is 10.4. The van der Waals surface area contributed by atoms with Crippen LogP contribution in [0.4, 0.5) is 0 Å². The Labute approximate surface area is 87.0 Å². The van der Waals surface area contributed by atoms with Gasteiger partial charge in [-0.2, -0.15) is 8.42 Å². The Kier molecular flexibility index (Phi) is 4.06. The first-order valence-electron chi connectivity index (χ1n) is 4.15. The Balaban J connectivity index is 2.33. The largest absolute Gasteiger partial charge is 0.388 e. The van der Waals surface area contributed by atoms with Gasteiger partial charge in [-0.15, -0.1) is 11.3 Å². The van der Waals surface area contributed by atoms with Gasteiger partial charge in [0.25, 0.3) is 10.1 Å². The van der Waals surface area contributed by atoms with Crippen molar-refractivity contribution in [1.29, 1.82) is 0 Å². The fraction of sp³-hybridized carbons (Fsp3) is 0.500. The molecule has 0 saturated carbocycles. The number of rotatable bonds is 5. The van der Waals surface area contributed by atoms with Gasteiger partial charge in [-0.1, -0.05) is 6.07 Å². The predicted molar refractivity (Wildman–Crippen MR) is 54.9 cm³/mol. The van der Waals surface area contributed by atoms with E-state index in [1.807, 2.05) is 11.4 Å². The lowest BCUT2D eigenvalue weighted by atomic mass is 10.2. The Bertz CT molecular complexity index is 355. The van der Waals surface area contributed by atoms with Crippen molar-refractivity contribution in [3.63, 3.8) is 0 Å². The lowest BCUT2D eigenvalue weighted by molar-refractivity contribution is 0.170. The molecule has 1 rings (SSSR count). The molecule has 0 aliphatic rings. The second-order valence-corrected chi connectivity index (χ2v) is 5.51. The van der Waals surface area contributed by atoms with E-state index in [4.69, 9.17) is 4.55 Å². The lowest BCUT2D eigenvalue weighted by Gasteiger charge is -2.06. The van der Waals surface area contributed by atoms with Gasteiger partial charge in [0.05, 0.1) is 11.9 Å². The second kappa shape index (κ2) is 4.88. The Morgan fingerprint density at radius 2 is 2.21 bits per heavy atom. The van der Waals surface area contributed by atoms with Crippen LogP contribution in [-0.2, 0) is 10.1 Å². The maximum atomic E-state index is 10.4. The van der Waals surface area contributed by atoms with E-state index in [1.165, 1.54) is 11.3 Å². The predicted octanol–water partition coefficient (Wildman–Crippen LogP) is 1.45. The zero-order chi connectivity index (χ0) is 10.6. The summed E-state index contributed by atoms with van der Waals surface area (Å²) in [5.74, 6) is -0.296. The molecule has 1 aromatic rings. The molecule has 0 aromatic carbocycles. The van der Waals surface area contributed by atoms with E-state index in [9.17, 15) is 13.5 Å². The molecule has 1 heterocycles. The minimum Gasteiger partial charge on any atom is -0.388 e. The summed E-state index contributed by atoms with van der Waals surface area (Å²) in [6, 6.07) is 3.62. The van der Waals surface area contributed by atoms with Crippen LogP contribution in [0.1, 0.15) is 23.8 Å². The highest BCUT2D eigenvalue weighted by Crippen LogP contribution is 2.22. The molecule has 0 fully saturated rings. The van der Waals surface area contributed by atoms with Crippen molar-refractivity contribution in [1.82, 2.24) is 0 Å². The monoisotopic (exact) mass is 236 g/mol. The topological polar surface area (TPSA) is 74.6 Å². The molecule has 0 bridgehead atoms. The molecule has 0 spiro atoms. The van der Waals surface area contributed by atoms with Crippen LogP contribution in [0, 0.1) is 0 Å². The molecule has 0 amide bonds. The van der Waals surface area contributed by atoms with E-state index in [1.54, 1.807) is 6.07 Å². The average Bonchev–Trinajstić information content (AvgIpc) is 2.53. The van der Waals surface area contributed by atoms with E-state index in [0.717, 1.165) is 4.88 Å². The van der Waals surface area contributed by atoms with Crippen molar-refractivity contribution in [2.75, 3.05) is 5.75 Å². The Morgan fingerprint density at radius 3 is 2.71 bits per heavy atom. The summed E-state index contributed by atoms with van der Waals surface area (Å²) in [5.41, 5.74) is 0. The number of hydrogen-bond donors (Lipinski definition) is 2. The van der Waals surface area contributed by atoms with Gasteiger partial charge in [-0.05, 0) is 24.3 Å². The van der Waals surface area contributed by atoms with E-state index in [-0.39, 0.29) is 12.2 Å². The summed E-state index contributed by atoms with van der Waals surface area (Å²) in [4.78, 5) is 0.820. The van der Waals surface area contributed by atoms with Crippen LogP contribution in [-0.4, -0.2) is 23.8 Å². The Morgan fingerprint density at radius 1 is 1.50 bits per heavy atom. The molecule has 0 saturated heterocycles. The van der Waals surface area contributed by atoms with Gasteiger partial charge in [-0.3, -0.25) is 4.55 Å². The van der Waals surface area contributed by atoms with Crippen molar-refractivity contribution in [3.05, 3.63) is 22.4 Å². The van der Waals surface area contributed by atoms with Crippen molar-refractivity contribution in [3.8, 4) is 0 Å². The molecule has 1 atom stereocenters. The van der Waals surface area contributed by atoms with Crippen LogP contribution < -0.4 is 0 Å². The highest BCUT2D eigenvalue weighted by Gasteiger charge is 2.10. The SMILES string of the molecule is O=S(=O)(O)CCCC(O)c1cccs1. The van der Waals surface area contributed by atoms with Crippen LogP contribution in [0.25, 0.3) is 0 Å². The molecule has 14 heavy (non-hydrogen) atoms. The van der Waals surface area contributed by atoms with Crippen molar-refractivity contribution in [2.24, 2.45) is 0 Å². The van der Waals surface area contributed by atoms with Gasteiger partial charge in [0, 0.05) is 4.88 Å². The number of aliphatic hydroxyl groups excluding tert-OH is 1. The zero-order valence-electron chi connectivity index (χ0n) is 7.46. The molecule has 0 radical (unpaired) electrons. The van der Waals surface area contributed by atoms with Crippen LogP contribution >= 0.6 is 11.3 Å². The summed E-state index contributed by atoms with van der Waals surface area (Å²) < 4.78 is 29.2. The highest BCUT2D eigenvalue weighted by atomic mass is 32.2. The third-order valence-corrected chi connectivity index (χ3v) is 3.53. The Hall–Kier alpha value is -0.430. The number of hydrogen-bond acceptors (Lipinski definition) is 4. The van der Waals surface area contributed by atoms with E-state index < -0.39 is 16.2 Å². The average molecular weight is 236 g/mol. The quantitative estimate of drug-likeness (QED) is 0.759. The molecule has 4 nitrogen and oxygen atoms in total. The summed E-state index contributed by atoms with van der Waals surface area (Å²) >= 11 is 1.43. The third kappa shape index (κ3) is 4.19. The van der Waals surface area contributed by atoms with Crippen LogP contribution in [0.5, 0.6) is 0 Å². The second-order valence-electron chi connectivity index (χ2n) is 2.96. The van der Waals surface area contributed by atoms with Crippen molar-refractivity contribution in [2.45, 2.75) is 18.9 Å². The molecule has 80 valence electrons. The maximum Gasteiger partial charge on any atom is 0.264 e. The molecule has 0 aliphatic heterocycles. The first kappa shape index (κ1) is 11.6. The number of thiophene rings is 1. The first-order valence-corrected chi connectivity index (χ1v) is 6.64. The standard InChI is InChI=1S/C8H12O4S2/c9-7(8-4-1-5-13-8)3-2-6-14(10,11)12/h1,4-5,7,9H,2-3,6H2,(H,10,11,12). The van der Waals surface area contributed by atoms with E-state index >= 15 is 0 Å².